The van der Waals surface area contributed by atoms with Crippen molar-refractivity contribution >= 4 is 5.78 Å². The highest BCUT2D eigenvalue weighted by Gasteiger charge is 2.56. The first-order valence-corrected chi connectivity index (χ1v) is 7.33. The van der Waals surface area contributed by atoms with Gasteiger partial charge in [-0.1, -0.05) is 13.8 Å². The number of hydrogen-bond donors (Lipinski definition) is 0. The van der Waals surface area contributed by atoms with Crippen LogP contribution in [0.1, 0.15) is 53.9 Å². The molecule has 0 amide bonds. The Morgan fingerprint density at radius 1 is 1.42 bits per heavy atom. The number of ketones is 1. The summed E-state index contributed by atoms with van der Waals surface area (Å²) in [6, 6.07) is 0. The Bertz CT molecular complexity index is 395. The van der Waals surface area contributed by atoms with Gasteiger partial charge in [0, 0.05) is 11.5 Å². The van der Waals surface area contributed by atoms with E-state index in [0.29, 0.717) is 12.5 Å². The molecule has 2 heterocycles. The molecule has 2 saturated heterocycles. The van der Waals surface area contributed by atoms with Gasteiger partial charge < -0.3 is 9.47 Å². The fraction of sp³-hybridized carbons (Fsp3) is 0.812. The van der Waals surface area contributed by atoms with E-state index >= 15 is 0 Å². The van der Waals surface area contributed by atoms with Gasteiger partial charge in [0.25, 0.3) is 0 Å². The summed E-state index contributed by atoms with van der Waals surface area (Å²) in [7, 11) is 0. The summed E-state index contributed by atoms with van der Waals surface area (Å²) >= 11 is 0. The highest BCUT2D eigenvalue weighted by molar-refractivity contribution is 6.03. The van der Waals surface area contributed by atoms with Gasteiger partial charge in [-0.05, 0) is 46.0 Å². The van der Waals surface area contributed by atoms with Gasteiger partial charge in [-0.2, -0.15) is 0 Å². The fourth-order valence-corrected chi connectivity index (χ4v) is 3.21. The van der Waals surface area contributed by atoms with Gasteiger partial charge in [0.05, 0.1) is 18.5 Å². The van der Waals surface area contributed by atoms with Gasteiger partial charge in [-0.3, -0.25) is 4.79 Å². The van der Waals surface area contributed by atoms with E-state index in [9.17, 15) is 4.79 Å². The average molecular weight is 266 g/mol. The number of carbonyl (C=O) groups excluding carboxylic acids is 1. The van der Waals surface area contributed by atoms with Crippen LogP contribution in [-0.2, 0) is 14.3 Å². The first kappa shape index (κ1) is 14.6. The van der Waals surface area contributed by atoms with Crippen LogP contribution in [0, 0.1) is 11.8 Å². The number of Topliss-reactive ketones (excluding diaryl/α,β-unsaturated/α-hetero) is 1. The highest BCUT2D eigenvalue weighted by atomic mass is 16.5. The van der Waals surface area contributed by atoms with Crippen molar-refractivity contribution in [2.75, 3.05) is 6.61 Å². The normalized spacial score (nSPS) is 35.2. The second-order valence-electron chi connectivity index (χ2n) is 6.98. The van der Waals surface area contributed by atoms with Crippen LogP contribution in [0.5, 0.6) is 0 Å². The molecule has 1 saturated carbocycles. The molecule has 0 aromatic heterocycles. The number of rotatable bonds is 4. The van der Waals surface area contributed by atoms with Crippen molar-refractivity contribution < 1.29 is 14.3 Å². The number of fused-ring (bicyclic) bond motifs is 3. The smallest absolute Gasteiger partial charge is 0.193 e. The molecule has 2 unspecified atom stereocenters. The molecule has 0 N–H and O–H groups in total. The highest BCUT2D eigenvalue weighted by Crippen LogP contribution is 2.50. The van der Waals surface area contributed by atoms with E-state index in [4.69, 9.17) is 9.47 Å². The van der Waals surface area contributed by atoms with Gasteiger partial charge in [-0.25, -0.2) is 0 Å². The monoisotopic (exact) mass is 266 g/mol. The van der Waals surface area contributed by atoms with Gasteiger partial charge in [-0.15, -0.1) is 0 Å². The van der Waals surface area contributed by atoms with E-state index in [0.717, 1.165) is 24.8 Å². The van der Waals surface area contributed by atoms with E-state index in [1.165, 1.54) is 0 Å². The summed E-state index contributed by atoms with van der Waals surface area (Å²) in [6.45, 7) is 11.1. The predicted molar refractivity (Wildman–Crippen MR) is 74.8 cm³/mol. The minimum atomic E-state index is -0.647. The van der Waals surface area contributed by atoms with Crippen LogP contribution in [0.3, 0.4) is 0 Å². The van der Waals surface area contributed by atoms with Crippen molar-refractivity contribution in [2.45, 2.75) is 65.1 Å². The molecule has 3 rings (SSSR count). The van der Waals surface area contributed by atoms with E-state index < -0.39 is 5.60 Å². The molecule has 19 heavy (non-hydrogen) atoms. The van der Waals surface area contributed by atoms with Crippen LogP contribution in [-0.4, -0.2) is 23.6 Å². The molecule has 3 heteroatoms. The Labute approximate surface area is 116 Å². The fourth-order valence-electron chi connectivity index (χ4n) is 3.21. The molecule has 3 aliphatic rings. The molecular formula is C16H26O3. The Morgan fingerprint density at radius 2 is 2.11 bits per heavy atom. The third-order valence-electron chi connectivity index (χ3n) is 4.38. The average Bonchev–Trinajstić information content (AvgIpc) is 2.27. The summed E-state index contributed by atoms with van der Waals surface area (Å²) in [4.78, 5) is 12.5. The molecule has 2 bridgehead atoms. The molecule has 2 atom stereocenters. The van der Waals surface area contributed by atoms with Crippen molar-refractivity contribution in [3.63, 3.8) is 0 Å². The summed E-state index contributed by atoms with van der Waals surface area (Å²) in [5.74, 6) is 0.905. The predicted octanol–water partition coefficient (Wildman–Crippen LogP) is 3.48. The lowest BCUT2D eigenvalue weighted by atomic mass is 9.65. The van der Waals surface area contributed by atoms with E-state index in [2.05, 4.69) is 27.7 Å². The molecule has 3 nitrogen and oxygen atoms in total. The van der Waals surface area contributed by atoms with E-state index in [1.54, 1.807) is 6.26 Å². The van der Waals surface area contributed by atoms with Crippen LogP contribution in [0.4, 0.5) is 0 Å². The quantitative estimate of drug-likeness (QED) is 0.444. The van der Waals surface area contributed by atoms with Gasteiger partial charge in [0.15, 0.2) is 5.78 Å². The molecule has 0 radical (unpaired) electrons. The minimum absolute atomic E-state index is 0.118. The third-order valence-corrected chi connectivity index (χ3v) is 4.38. The third kappa shape index (κ3) is 2.71. The largest absolute Gasteiger partial charge is 0.501 e. The molecule has 0 spiro atoms. The maximum Gasteiger partial charge on any atom is 0.193 e. The first-order chi connectivity index (χ1) is 8.76. The Hall–Kier alpha value is -0.830. The van der Waals surface area contributed by atoms with Crippen molar-refractivity contribution in [2.24, 2.45) is 11.8 Å². The zero-order valence-corrected chi connectivity index (χ0v) is 12.8. The minimum Gasteiger partial charge on any atom is -0.501 e. The van der Waals surface area contributed by atoms with Gasteiger partial charge in [0.1, 0.15) is 5.60 Å². The summed E-state index contributed by atoms with van der Waals surface area (Å²) in [5.41, 5.74) is -0.0895. The van der Waals surface area contributed by atoms with E-state index in [-0.39, 0.29) is 17.3 Å². The lowest BCUT2D eigenvalue weighted by molar-refractivity contribution is -0.207. The van der Waals surface area contributed by atoms with Crippen molar-refractivity contribution in [1.29, 1.82) is 0 Å². The van der Waals surface area contributed by atoms with Crippen LogP contribution in [0.15, 0.2) is 11.8 Å². The maximum absolute atomic E-state index is 12.5. The topological polar surface area (TPSA) is 35.5 Å². The summed E-state index contributed by atoms with van der Waals surface area (Å²) in [5, 5.41) is 0. The number of ether oxygens (including phenoxy) is 2. The van der Waals surface area contributed by atoms with Crippen LogP contribution in [0.2, 0.25) is 0 Å². The van der Waals surface area contributed by atoms with Crippen molar-refractivity contribution in [3.8, 4) is 0 Å². The molecule has 0 aromatic carbocycles. The van der Waals surface area contributed by atoms with Crippen molar-refractivity contribution in [3.05, 3.63) is 11.8 Å². The lowest BCUT2D eigenvalue weighted by Crippen LogP contribution is -2.60. The summed E-state index contributed by atoms with van der Waals surface area (Å²) < 4.78 is 11.6. The van der Waals surface area contributed by atoms with Crippen LogP contribution >= 0.6 is 0 Å². The molecule has 3 fully saturated rings. The maximum atomic E-state index is 12.5. The Morgan fingerprint density at radius 3 is 2.68 bits per heavy atom. The zero-order chi connectivity index (χ0) is 14.3. The molecule has 0 aromatic rings. The Kier molecular flexibility index (Phi) is 3.78. The number of hydrogen-bond acceptors (Lipinski definition) is 3. The van der Waals surface area contributed by atoms with Crippen LogP contribution in [0.25, 0.3) is 0 Å². The molecule has 1 aliphatic carbocycles. The lowest BCUT2D eigenvalue weighted by Gasteiger charge is -2.53. The second-order valence-corrected chi connectivity index (χ2v) is 6.98. The molecule has 108 valence electrons. The van der Waals surface area contributed by atoms with Gasteiger partial charge >= 0.3 is 0 Å². The molecular weight excluding hydrogens is 240 g/mol. The van der Waals surface area contributed by atoms with Crippen molar-refractivity contribution in [1.82, 2.24) is 0 Å². The zero-order valence-electron chi connectivity index (χ0n) is 12.8. The second kappa shape index (κ2) is 4.93. The summed E-state index contributed by atoms with van der Waals surface area (Å²) in [6.07, 6.45) is 4.55. The first-order valence-electron chi connectivity index (χ1n) is 7.33. The van der Waals surface area contributed by atoms with E-state index in [1.807, 2.05) is 6.92 Å². The Balaban J connectivity index is 2.11. The number of carbonyl (C=O) groups is 1. The standard InChI is InChI=1S/C16H26O3/c1-11(2)7-9-18-10-12-13-6-8-16(5,14(12)17)19-15(13,3)4/h10-11,13H,6-9H2,1-5H3/b12-10-. The SMILES string of the molecule is CC(C)CCO/C=C1\C(=O)C2(C)CCC1C(C)(C)O2. The molecule has 2 aliphatic heterocycles. The van der Waals surface area contributed by atoms with Crippen LogP contribution < -0.4 is 0 Å². The van der Waals surface area contributed by atoms with Gasteiger partial charge in [0.2, 0.25) is 0 Å².